The van der Waals surface area contributed by atoms with Gasteiger partial charge in [0, 0.05) is 18.2 Å². The predicted molar refractivity (Wildman–Crippen MR) is 90.1 cm³/mol. The highest BCUT2D eigenvalue weighted by atomic mass is 16.6. The first-order valence-corrected chi connectivity index (χ1v) is 8.05. The molecule has 1 heterocycles. The van der Waals surface area contributed by atoms with Crippen molar-refractivity contribution in [3.05, 3.63) is 54.1 Å². The van der Waals surface area contributed by atoms with Crippen molar-refractivity contribution in [1.29, 1.82) is 0 Å². The third-order valence-corrected chi connectivity index (χ3v) is 3.79. The molecular weight excluding hydrogens is 290 g/mol. The predicted octanol–water partition coefficient (Wildman–Crippen LogP) is 3.81. The third-order valence-electron chi connectivity index (χ3n) is 3.79. The summed E-state index contributed by atoms with van der Waals surface area (Å²) in [5.74, 6) is 1.46. The Bertz CT molecular complexity index is 655. The van der Waals surface area contributed by atoms with E-state index in [1.807, 2.05) is 36.4 Å². The number of carbonyl (C=O) groups is 1. The zero-order chi connectivity index (χ0) is 15.9. The maximum Gasteiger partial charge on any atom is 0.224 e. The van der Waals surface area contributed by atoms with Gasteiger partial charge < -0.3 is 14.8 Å². The first kappa shape index (κ1) is 15.4. The Kier molecular flexibility index (Phi) is 5.14. The van der Waals surface area contributed by atoms with Gasteiger partial charge in [-0.1, -0.05) is 30.3 Å². The third kappa shape index (κ3) is 4.49. The number of hydrogen-bond acceptors (Lipinski definition) is 3. The van der Waals surface area contributed by atoms with Gasteiger partial charge in [-0.3, -0.25) is 4.79 Å². The van der Waals surface area contributed by atoms with E-state index in [-0.39, 0.29) is 5.91 Å². The average molecular weight is 311 g/mol. The number of benzene rings is 2. The first-order valence-electron chi connectivity index (χ1n) is 8.05. The fourth-order valence-electron chi connectivity index (χ4n) is 2.60. The molecule has 0 radical (unpaired) electrons. The van der Waals surface area contributed by atoms with Crippen molar-refractivity contribution in [2.24, 2.45) is 0 Å². The number of anilines is 1. The zero-order valence-electron chi connectivity index (χ0n) is 13.1. The highest BCUT2D eigenvalue weighted by molar-refractivity contribution is 5.91. The van der Waals surface area contributed by atoms with Gasteiger partial charge in [-0.15, -0.1) is 0 Å². The molecule has 1 N–H and O–H groups in total. The lowest BCUT2D eigenvalue weighted by Gasteiger charge is -2.19. The van der Waals surface area contributed by atoms with Gasteiger partial charge in [0.1, 0.15) is 13.2 Å². The van der Waals surface area contributed by atoms with E-state index in [0.717, 1.165) is 30.7 Å². The standard InChI is InChI=1S/C19H21NO3/c21-19(9-5-4-8-15-6-2-1-3-7-15)20-16-10-11-17-18(14-16)23-13-12-22-17/h1-3,6-7,10-11,14H,4-5,8-9,12-13H2,(H,20,21). The molecule has 0 bridgehead atoms. The highest BCUT2D eigenvalue weighted by Crippen LogP contribution is 2.32. The molecule has 1 aliphatic heterocycles. The molecule has 0 aliphatic carbocycles. The van der Waals surface area contributed by atoms with E-state index in [4.69, 9.17) is 9.47 Å². The van der Waals surface area contributed by atoms with Crippen LogP contribution in [0.3, 0.4) is 0 Å². The lowest BCUT2D eigenvalue weighted by molar-refractivity contribution is -0.116. The molecule has 4 heteroatoms. The largest absolute Gasteiger partial charge is 0.486 e. The number of aryl methyl sites for hydroxylation is 1. The van der Waals surface area contributed by atoms with Crippen molar-refractivity contribution in [2.75, 3.05) is 18.5 Å². The Morgan fingerprint density at radius 2 is 1.74 bits per heavy atom. The zero-order valence-corrected chi connectivity index (χ0v) is 13.1. The Hall–Kier alpha value is -2.49. The van der Waals surface area contributed by atoms with E-state index >= 15 is 0 Å². The number of fused-ring (bicyclic) bond motifs is 1. The van der Waals surface area contributed by atoms with E-state index in [0.29, 0.717) is 25.4 Å². The molecule has 4 nitrogen and oxygen atoms in total. The van der Waals surface area contributed by atoms with Crippen LogP contribution >= 0.6 is 0 Å². The normalized spacial score (nSPS) is 12.7. The number of amides is 1. The van der Waals surface area contributed by atoms with Crippen LogP contribution in [0.15, 0.2) is 48.5 Å². The molecule has 3 rings (SSSR count). The summed E-state index contributed by atoms with van der Waals surface area (Å²) in [6.45, 7) is 1.12. The summed E-state index contributed by atoms with van der Waals surface area (Å²) in [5.41, 5.74) is 2.07. The topological polar surface area (TPSA) is 47.6 Å². The summed E-state index contributed by atoms with van der Waals surface area (Å²) in [6.07, 6.45) is 3.43. The van der Waals surface area contributed by atoms with Crippen LogP contribution in [0.4, 0.5) is 5.69 Å². The SMILES string of the molecule is O=C(CCCCc1ccccc1)Nc1ccc2c(c1)OCCO2. The minimum atomic E-state index is 0.0368. The van der Waals surface area contributed by atoms with Crippen molar-refractivity contribution >= 4 is 11.6 Å². The van der Waals surface area contributed by atoms with Crippen LogP contribution in [0, 0.1) is 0 Å². The van der Waals surface area contributed by atoms with E-state index < -0.39 is 0 Å². The van der Waals surface area contributed by atoms with E-state index in [9.17, 15) is 4.79 Å². The van der Waals surface area contributed by atoms with Crippen LogP contribution in [0.1, 0.15) is 24.8 Å². The van der Waals surface area contributed by atoms with Crippen molar-refractivity contribution < 1.29 is 14.3 Å². The van der Waals surface area contributed by atoms with Gasteiger partial charge in [0.2, 0.25) is 5.91 Å². The van der Waals surface area contributed by atoms with Crippen LogP contribution < -0.4 is 14.8 Å². The van der Waals surface area contributed by atoms with Crippen LogP contribution in [0.2, 0.25) is 0 Å². The fraction of sp³-hybridized carbons (Fsp3) is 0.316. The molecular formula is C19H21NO3. The van der Waals surface area contributed by atoms with E-state index in [1.54, 1.807) is 0 Å². The number of nitrogens with one attached hydrogen (secondary N) is 1. The van der Waals surface area contributed by atoms with Gasteiger partial charge in [0.25, 0.3) is 0 Å². The summed E-state index contributed by atoms with van der Waals surface area (Å²) >= 11 is 0. The van der Waals surface area contributed by atoms with Crippen LogP contribution in [-0.4, -0.2) is 19.1 Å². The van der Waals surface area contributed by atoms with Crippen LogP contribution in [0.5, 0.6) is 11.5 Å². The monoisotopic (exact) mass is 311 g/mol. The van der Waals surface area contributed by atoms with Gasteiger partial charge in [-0.05, 0) is 37.0 Å². The fourth-order valence-corrected chi connectivity index (χ4v) is 2.60. The quantitative estimate of drug-likeness (QED) is 0.825. The van der Waals surface area contributed by atoms with E-state index in [1.165, 1.54) is 5.56 Å². The molecule has 0 unspecified atom stereocenters. The molecule has 0 saturated carbocycles. The molecule has 2 aromatic rings. The molecule has 0 spiro atoms. The summed E-state index contributed by atoms with van der Waals surface area (Å²) in [7, 11) is 0. The number of ether oxygens (including phenoxy) is 2. The Morgan fingerprint density at radius 1 is 0.957 bits per heavy atom. The van der Waals surface area contributed by atoms with Crippen molar-refractivity contribution in [3.8, 4) is 11.5 Å². The molecule has 120 valence electrons. The summed E-state index contributed by atoms with van der Waals surface area (Å²) in [6, 6.07) is 15.8. The second-order valence-corrected chi connectivity index (χ2v) is 5.60. The number of unbranched alkanes of at least 4 members (excludes halogenated alkanes) is 1. The summed E-state index contributed by atoms with van der Waals surface area (Å²) in [5, 5.41) is 2.92. The first-order chi connectivity index (χ1) is 11.3. The molecule has 0 aromatic heterocycles. The van der Waals surface area contributed by atoms with Gasteiger partial charge in [0.15, 0.2) is 11.5 Å². The van der Waals surface area contributed by atoms with Crippen molar-refractivity contribution in [1.82, 2.24) is 0 Å². The molecule has 1 amide bonds. The summed E-state index contributed by atoms with van der Waals surface area (Å²) < 4.78 is 11.0. The maximum absolute atomic E-state index is 12.0. The number of rotatable bonds is 6. The Labute approximate surface area is 136 Å². The smallest absolute Gasteiger partial charge is 0.224 e. The maximum atomic E-state index is 12.0. The molecule has 23 heavy (non-hydrogen) atoms. The van der Waals surface area contributed by atoms with Gasteiger partial charge in [0.05, 0.1) is 0 Å². The van der Waals surface area contributed by atoms with Gasteiger partial charge in [-0.25, -0.2) is 0 Å². The molecule has 0 fully saturated rings. The molecule has 0 atom stereocenters. The van der Waals surface area contributed by atoms with Gasteiger partial charge >= 0.3 is 0 Å². The van der Waals surface area contributed by atoms with Crippen molar-refractivity contribution in [2.45, 2.75) is 25.7 Å². The summed E-state index contributed by atoms with van der Waals surface area (Å²) in [4.78, 5) is 12.0. The van der Waals surface area contributed by atoms with Crippen molar-refractivity contribution in [3.63, 3.8) is 0 Å². The average Bonchev–Trinajstić information content (AvgIpc) is 2.59. The molecule has 1 aliphatic rings. The number of hydrogen-bond donors (Lipinski definition) is 1. The second kappa shape index (κ2) is 7.68. The van der Waals surface area contributed by atoms with Gasteiger partial charge in [-0.2, -0.15) is 0 Å². The highest BCUT2D eigenvalue weighted by Gasteiger charge is 2.12. The Morgan fingerprint density at radius 3 is 2.57 bits per heavy atom. The van der Waals surface area contributed by atoms with E-state index in [2.05, 4.69) is 17.4 Å². The molecule has 0 saturated heterocycles. The minimum absolute atomic E-state index is 0.0368. The Balaban J connectivity index is 1.42. The minimum Gasteiger partial charge on any atom is -0.486 e. The lowest BCUT2D eigenvalue weighted by Crippen LogP contribution is -2.16. The second-order valence-electron chi connectivity index (χ2n) is 5.60. The van der Waals surface area contributed by atoms with Crippen LogP contribution in [0.25, 0.3) is 0 Å². The number of carbonyl (C=O) groups excluding carboxylic acids is 1. The lowest BCUT2D eigenvalue weighted by atomic mass is 10.1. The van der Waals surface area contributed by atoms with Crippen LogP contribution in [-0.2, 0) is 11.2 Å². The molecule has 2 aromatic carbocycles.